The first-order chi connectivity index (χ1) is 9.93. The van der Waals surface area contributed by atoms with E-state index in [1.54, 1.807) is 12.1 Å². The van der Waals surface area contributed by atoms with Gasteiger partial charge in [-0.15, -0.1) is 0 Å². The van der Waals surface area contributed by atoms with Gasteiger partial charge in [-0.3, -0.25) is 5.32 Å². The minimum Gasteiger partial charge on any atom is -0.466 e. The summed E-state index contributed by atoms with van der Waals surface area (Å²) < 4.78 is 17.9. The quantitative estimate of drug-likeness (QED) is 0.736. The van der Waals surface area contributed by atoms with Gasteiger partial charge in [0.1, 0.15) is 5.82 Å². The predicted octanol–water partition coefficient (Wildman–Crippen LogP) is 1.42. The summed E-state index contributed by atoms with van der Waals surface area (Å²) in [5.74, 6) is -0.848. The van der Waals surface area contributed by atoms with Crippen molar-refractivity contribution in [3.8, 4) is 0 Å². The number of nitrogens with one attached hydrogen (secondary N) is 2. The lowest BCUT2D eigenvalue weighted by Crippen LogP contribution is -2.51. The molecule has 0 aromatic heterocycles. The van der Waals surface area contributed by atoms with Crippen molar-refractivity contribution in [1.82, 2.24) is 10.6 Å². The van der Waals surface area contributed by atoms with Gasteiger partial charge < -0.3 is 15.2 Å². The fraction of sp³-hybridized carbons (Fsp3) is 0.400. The normalized spacial score (nSPS) is 22.2. The van der Waals surface area contributed by atoms with Gasteiger partial charge in [0.2, 0.25) is 0 Å². The zero-order valence-corrected chi connectivity index (χ0v) is 12.2. The van der Waals surface area contributed by atoms with Gasteiger partial charge in [0.25, 0.3) is 0 Å². The van der Waals surface area contributed by atoms with E-state index >= 15 is 0 Å². The molecule has 1 aliphatic heterocycles. The van der Waals surface area contributed by atoms with E-state index in [0.29, 0.717) is 16.8 Å². The Balaban J connectivity index is 2.52. The molecule has 0 spiro atoms. The third-order valence-electron chi connectivity index (χ3n) is 3.38. The van der Waals surface area contributed by atoms with Crippen LogP contribution in [0.25, 0.3) is 0 Å². The highest BCUT2D eigenvalue weighted by Gasteiger charge is 2.34. The molecule has 2 unspecified atom stereocenters. The van der Waals surface area contributed by atoms with E-state index in [0.717, 1.165) is 0 Å². The molecule has 0 saturated carbocycles. The molecular weight excluding hydrogens is 275 g/mol. The smallest absolute Gasteiger partial charge is 0.337 e. The maximum atomic E-state index is 13.1. The van der Waals surface area contributed by atoms with E-state index in [1.165, 1.54) is 19.2 Å². The average Bonchev–Trinajstić information content (AvgIpc) is 2.46. The van der Waals surface area contributed by atoms with Crippen molar-refractivity contribution in [1.29, 1.82) is 0 Å². The summed E-state index contributed by atoms with van der Waals surface area (Å²) in [5, 5.41) is 15.6. The fourth-order valence-corrected chi connectivity index (χ4v) is 2.40. The number of methoxy groups -OCH3 is 1. The second kappa shape index (κ2) is 6.24. The zero-order valence-electron chi connectivity index (χ0n) is 12.2. The van der Waals surface area contributed by atoms with Crippen LogP contribution >= 0.6 is 0 Å². The van der Waals surface area contributed by atoms with Gasteiger partial charge in [0.15, 0.2) is 6.35 Å². The van der Waals surface area contributed by atoms with Crippen molar-refractivity contribution in [2.45, 2.75) is 26.2 Å². The second-order valence-corrected chi connectivity index (χ2v) is 5.17. The number of halogens is 1. The molecule has 0 bridgehead atoms. The number of aliphatic hydroxyl groups excluding tert-OH is 1. The van der Waals surface area contributed by atoms with E-state index in [4.69, 9.17) is 4.74 Å². The number of hydrogen-bond donors (Lipinski definition) is 3. The number of carbonyl (C=O) groups excluding carboxylic acids is 1. The summed E-state index contributed by atoms with van der Waals surface area (Å²) >= 11 is 0. The van der Waals surface area contributed by atoms with Crippen LogP contribution in [0.2, 0.25) is 0 Å². The number of benzene rings is 1. The van der Waals surface area contributed by atoms with Crippen LogP contribution in [0.1, 0.15) is 25.5 Å². The molecule has 2 rings (SSSR count). The standard InChI is InChI=1S/C15H19FN2O3/c1-8(2)12-11(14(19)21-3)13(18-15(20)17-12)9-4-6-10(16)7-5-9/h4-8,13,15,17-18,20H,1-3H3. The van der Waals surface area contributed by atoms with Crippen LogP contribution in [0.15, 0.2) is 35.5 Å². The molecule has 1 aromatic rings. The molecule has 3 N–H and O–H groups in total. The summed E-state index contributed by atoms with van der Waals surface area (Å²) in [6.45, 7) is 3.82. The molecule has 21 heavy (non-hydrogen) atoms. The van der Waals surface area contributed by atoms with Gasteiger partial charge in [-0.2, -0.15) is 0 Å². The maximum absolute atomic E-state index is 13.1. The predicted molar refractivity (Wildman–Crippen MR) is 75.3 cm³/mol. The van der Waals surface area contributed by atoms with Gasteiger partial charge in [0, 0.05) is 5.70 Å². The second-order valence-electron chi connectivity index (χ2n) is 5.17. The summed E-state index contributed by atoms with van der Waals surface area (Å²) in [6, 6.07) is 5.22. The third kappa shape index (κ3) is 3.22. The van der Waals surface area contributed by atoms with Gasteiger partial charge in [-0.05, 0) is 23.6 Å². The molecule has 5 nitrogen and oxygen atoms in total. The number of ether oxygens (including phenoxy) is 1. The molecule has 1 aromatic carbocycles. The van der Waals surface area contributed by atoms with E-state index in [9.17, 15) is 14.3 Å². The molecule has 0 saturated heterocycles. The van der Waals surface area contributed by atoms with Crippen LogP contribution in [-0.4, -0.2) is 24.5 Å². The number of esters is 1. The molecular formula is C15H19FN2O3. The third-order valence-corrected chi connectivity index (χ3v) is 3.38. The maximum Gasteiger partial charge on any atom is 0.337 e. The largest absolute Gasteiger partial charge is 0.466 e. The number of carbonyl (C=O) groups is 1. The lowest BCUT2D eigenvalue weighted by molar-refractivity contribution is -0.137. The van der Waals surface area contributed by atoms with Crippen molar-refractivity contribution in [3.63, 3.8) is 0 Å². The van der Waals surface area contributed by atoms with Crippen LogP contribution < -0.4 is 10.6 Å². The first kappa shape index (κ1) is 15.5. The molecule has 6 heteroatoms. The van der Waals surface area contributed by atoms with Crippen molar-refractivity contribution in [2.75, 3.05) is 7.11 Å². The molecule has 0 radical (unpaired) electrons. The van der Waals surface area contributed by atoms with Gasteiger partial charge in [-0.25, -0.2) is 9.18 Å². The van der Waals surface area contributed by atoms with E-state index in [-0.39, 0.29) is 11.7 Å². The van der Waals surface area contributed by atoms with Crippen LogP contribution in [-0.2, 0) is 9.53 Å². The summed E-state index contributed by atoms with van der Waals surface area (Å²) in [6.07, 6.45) is -0.995. The highest BCUT2D eigenvalue weighted by atomic mass is 19.1. The molecule has 1 heterocycles. The Labute approximate surface area is 122 Å². The lowest BCUT2D eigenvalue weighted by atomic mass is 9.91. The SMILES string of the molecule is COC(=O)C1=C(C(C)C)NC(O)NC1c1ccc(F)cc1. The van der Waals surface area contributed by atoms with Crippen LogP contribution in [0.3, 0.4) is 0 Å². The number of allylic oxidation sites excluding steroid dienone is 1. The Morgan fingerprint density at radius 3 is 2.48 bits per heavy atom. The van der Waals surface area contributed by atoms with E-state index in [2.05, 4.69) is 10.6 Å². The Hall–Kier alpha value is -1.92. The first-order valence-corrected chi connectivity index (χ1v) is 6.72. The molecule has 0 aliphatic carbocycles. The number of rotatable bonds is 3. The Morgan fingerprint density at radius 1 is 1.33 bits per heavy atom. The van der Waals surface area contributed by atoms with Crippen molar-refractivity contribution in [2.24, 2.45) is 5.92 Å². The molecule has 0 amide bonds. The van der Waals surface area contributed by atoms with Crippen molar-refractivity contribution < 1.29 is 19.0 Å². The molecule has 1 aliphatic rings. The monoisotopic (exact) mass is 294 g/mol. The highest BCUT2D eigenvalue weighted by molar-refractivity contribution is 5.91. The fourth-order valence-electron chi connectivity index (χ4n) is 2.40. The van der Waals surface area contributed by atoms with Crippen molar-refractivity contribution >= 4 is 5.97 Å². The van der Waals surface area contributed by atoms with Gasteiger partial charge in [-0.1, -0.05) is 26.0 Å². The Bertz CT molecular complexity index is 555. The lowest BCUT2D eigenvalue weighted by Gasteiger charge is -2.34. The van der Waals surface area contributed by atoms with E-state index in [1.807, 2.05) is 13.8 Å². The minimum atomic E-state index is -0.995. The molecule has 114 valence electrons. The topological polar surface area (TPSA) is 70.6 Å². The number of hydrogen-bond acceptors (Lipinski definition) is 5. The minimum absolute atomic E-state index is 0.00111. The first-order valence-electron chi connectivity index (χ1n) is 6.72. The summed E-state index contributed by atoms with van der Waals surface area (Å²) in [5.41, 5.74) is 1.68. The van der Waals surface area contributed by atoms with Crippen molar-refractivity contribution in [3.05, 3.63) is 46.9 Å². The zero-order chi connectivity index (χ0) is 15.6. The van der Waals surface area contributed by atoms with Crippen LogP contribution in [0.4, 0.5) is 4.39 Å². The summed E-state index contributed by atoms with van der Waals surface area (Å²) in [4.78, 5) is 12.1. The van der Waals surface area contributed by atoms with E-state index < -0.39 is 18.4 Å². The Morgan fingerprint density at radius 2 is 1.95 bits per heavy atom. The Kier molecular flexibility index (Phi) is 4.59. The molecule has 2 atom stereocenters. The molecule has 0 fully saturated rings. The number of aliphatic hydroxyl groups is 1. The highest BCUT2D eigenvalue weighted by Crippen LogP contribution is 2.30. The van der Waals surface area contributed by atoms with Gasteiger partial charge >= 0.3 is 5.97 Å². The van der Waals surface area contributed by atoms with Gasteiger partial charge in [0.05, 0.1) is 18.7 Å². The van der Waals surface area contributed by atoms with Crippen LogP contribution in [0.5, 0.6) is 0 Å². The summed E-state index contributed by atoms with van der Waals surface area (Å²) in [7, 11) is 1.31. The van der Waals surface area contributed by atoms with Crippen LogP contribution in [0, 0.1) is 11.7 Å². The average molecular weight is 294 g/mol.